The predicted molar refractivity (Wildman–Crippen MR) is 87.8 cm³/mol. The fourth-order valence-corrected chi connectivity index (χ4v) is 3.07. The Balaban J connectivity index is 2.47. The summed E-state index contributed by atoms with van der Waals surface area (Å²) in [5.41, 5.74) is 3.47. The lowest BCUT2D eigenvalue weighted by molar-refractivity contribution is 0.414. The molecule has 0 fully saturated rings. The molecular formula is C16H17BrClNO. The van der Waals surface area contributed by atoms with Gasteiger partial charge in [-0.05, 0) is 54.9 Å². The minimum absolute atomic E-state index is 0.0570. The molecule has 2 aromatic rings. The lowest BCUT2D eigenvalue weighted by Crippen LogP contribution is -2.19. The first-order valence-electron chi connectivity index (χ1n) is 6.33. The lowest BCUT2D eigenvalue weighted by atomic mass is 9.95. The van der Waals surface area contributed by atoms with Crippen LogP contribution in [0.2, 0.25) is 5.02 Å². The van der Waals surface area contributed by atoms with Crippen molar-refractivity contribution >= 4 is 27.5 Å². The van der Waals surface area contributed by atoms with Crippen LogP contribution in [-0.2, 0) is 0 Å². The molecule has 1 atom stereocenters. The maximum absolute atomic E-state index is 6.39. The van der Waals surface area contributed by atoms with E-state index in [1.807, 2.05) is 31.3 Å². The molecule has 0 aliphatic rings. The van der Waals surface area contributed by atoms with Gasteiger partial charge in [0.2, 0.25) is 0 Å². The molecule has 20 heavy (non-hydrogen) atoms. The fourth-order valence-electron chi connectivity index (χ4n) is 2.31. The average Bonchev–Trinajstić information content (AvgIpc) is 2.43. The number of halogens is 2. The van der Waals surface area contributed by atoms with Gasteiger partial charge >= 0.3 is 0 Å². The molecule has 0 heterocycles. The highest BCUT2D eigenvalue weighted by atomic mass is 79.9. The third-order valence-corrected chi connectivity index (χ3v) is 4.17. The SMILES string of the molecule is CNC(c1ccc(Br)cc1C)c1ccc(OC)cc1Cl. The van der Waals surface area contributed by atoms with Crippen LogP contribution < -0.4 is 10.1 Å². The van der Waals surface area contributed by atoms with E-state index >= 15 is 0 Å². The quantitative estimate of drug-likeness (QED) is 0.857. The van der Waals surface area contributed by atoms with Crippen LogP contribution in [0.4, 0.5) is 0 Å². The minimum atomic E-state index is 0.0570. The molecule has 2 rings (SSSR count). The number of benzene rings is 2. The Bertz CT molecular complexity index is 615. The van der Waals surface area contributed by atoms with Gasteiger partial charge in [-0.2, -0.15) is 0 Å². The first kappa shape index (κ1) is 15.4. The summed E-state index contributed by atoms with van der Waals surface area (Å²) in [4.78, 5) is 0. The summed E-state index contributed by atoms with van der Waals surface area (Å²) in [5, 5.41) is 4.03. The topological polar surface area (TPSA) is 21.3 Å². The summed E-state index contributed by atoms with van der Waals surface area (Å²) in [7, 11) is 3.58. The smallest absolute Gasteiger partial charge is 0.120 e. The molecule has 0 bridgehead atoms. The van der Waals surface area contributed by atoms with Crippen LogP contribution in [0.15, 0.2) is 40.9 Å². The largest absolute Gasteiger partial charge is 0.497 e. The van der Waals surface area contributed by atoms with E-state index in [-0.39, 0.29) is 6.04 Å². The molecule has 4 heteroatoms. The molecule has 0 saturated carbocycles. The Morgan fingerprint density at radius 1 is 1.15 bits per heavy atom. The molecular weight excluding hydrogens is 338 g/mol. The third kappa shape index (κ3) is 3.17. The van der Waals surface area contributed by atoms with Crippen LogP contribution in [0.1, 0.15) is 22.7 Å². The zero-order valence-corrected chi connectivity index (χ0v) is 14.0. The average molecular weight is 355 g/mol. The summed E-state index contributed by atoms with van der Waals surface area (Å²) < 4.78 is 6.28. The number of aryl methyl sites for hydroxylation is 1. The highest BCUT2D eigenvalue weighted by Crippen LogP contribution is 2.33. The van der Waals surface area contributed by atoms with E-state index in [4.69, 9.17) is 16.3 Å². The number of nitrogens with one attached hydrogen (secondary N) is 1. The van der Waals surface area contributed by atoms with Gasteiger partial charge in [0.05, 0.1) is 13.2 Å². The number of ether oxygens (including phenoxy) is 1. The molecule has 2 aromatic carbocycles. The van der Waals surface area contributed by atoms with Crippen molar-refractivity contribution in [2.45, 2.75) is 13.0 Å². The Morgan fingerprint density at radius 2 is 1.85 bits per heavy atom. The molecule has 106 valence electrons. The van der Waals surface area contributed by atoms with E-state index in [9.17, 15) is 0 Å². The van der Waals surface area contributed by atoms with Crippen molar-refractivity contribution < 1.29 is 4.74 Å². The second-order valence-corrected chi connectivity index (χ2v) is 5.93. The van der Waals surface area contributed by atoms with Gasteiger partial charge in [0.1, 0.15) is 5.75 Å². The highest BCUT2D eigenvalue weighted by molar-refractivity contribution is 9.10. The van der Waals surface area contributed by atoms with E-state index in [1.54, 1.807) is 7.11 Å². The molecule has 0 spiro atoms. The van der Waals surface area contributed by atoms with Gasteiger partial charge in [-0.25, -0.2) is 0 Å². The molecule has 1 N–H and O–H groups in total. The Labute approximate surface area is 133 Å². The molecule has 0 aromatic heterocycles. The maximum atomic E-state index is 6.39. The zero-order valence-electron chi connectivity index (χ0n) is 11.7. The van der Waals surface area contributed by atoms with Crippen LogP contribution in [0.25, 0.3) is 0 Å². The molecule has 0 saturated heterocycles. The molecule has 0 amide bonds. The van der Waals surface area contributed by atoms with E-state index < -0.39 is 0 Å². The van der Waals surface area contributed by atoms with E-state index in [0.29, 0.717) is 5.02 Å². The predicted octanol–water partition coefficient (Wildman–Crippen LogP) is 4.73. The molecule has 0 aliphatic heterocycles. The second-order valence-electron chi connectivity index (χ2n) is 4.61. The molecule has 2 nitrogen and oxygen atoms in total. The summed E-state index contributed by atoms with van der Waals surface area (Å²) >= 11 is 9.88. The van der Waals surface area contributed by atoms with E-state index in [2.05, 4.69) is 40.3 Å². The van der Waals surface area contributed by atoms with Gasteiger partial charge in [-0.15, -0.1) is 0 Å². The first-order chi connectivity index (χ1) is 9.56. The second kappa shape index (κ2) is 6.61. The Kier molecular flexibility index (Phi) is 5.08. The van der Waals surface area contributed by atoms with Crippen molar-refractivity contribution in [1.29, 1.82) is 0 Å². The van der Waals surface area contributed by atoms with Crippen LogP contribution >= 0.6 is 27.5 Å². The van der Waals surface area contributed by atoms with Gasteiger partial charge in [0.25, 0.3) is 0 Å². The van der Waals surface area contributed by atoms with Gasteiger partial charge in [0, 0.05) is 9.50 Å². The summed E-state index contributed by atoms with van der Waals surface area (Å²) in [6.07, 6.45) is 0. The van der Waals surface area contributed by atoms with Crippen molar-refractivity contribution in [3.05, 3.63) is 62.6 Å². The molecule has 0 aliphatic carbocycles. The lowest BCUT2D eigenvalue weighted by Gasteiger charge is -2.21. The normalized spacial score (nSPS) is 12.2. The van der Waals surface area contributed by atoms with Gasteiger partial charge in [0.15, 0.2) is 0 Å². The number of rotatable bonds is 4. The Morgan fingerprint density at radius 3 is 2.40 bits per heavy atom. The van der Waals surface area contributed by atoms with Crippen LogP contribution in [0.5, 0.6) is 5.75 Å². The standard InChI is InChI=1S/C16H17BrClNO/c1-10-8-11(17)4-6-13(10)16(19-2)14-7-5-12(20-3)9-15(14)18/h4-9,16,19H,1-3H3. The number of hydrogen-bond acceptors (Lipinski definition) is 2. The Hall–Kier alpha value is -1.03. The fraction of sp³-hybridized carbons (Fsp3) is 0.250. The van der Waals surface area contributed by atoms with Crippen molar-refractivity contribution in [3.8, 4) is 5.75 Å². The van der Waals surface area contributed by atoms with Crippen LogP contribution in [0.3, 0.4) is 0 Å². The summed E-state index contributed by atoms with van der Waals surface area (Å²) in [6, 6.07) is 12.1. The van der Waals surface area contributed by atoms with Crippen molar-refractivity contribution in [2.75, 3.05) is 14.2 Å². The van der Waals surface area contributed by atoms with Gasteiger partial charge in [-0.1, -0.05) is 39.7 Å². The maximum Gasteiger partial charge on any atom is 0.120 e. The third-order valence-electron chi connectivity index (χ3n) is 3.35. The zero-order chi connectivity index (χ0) is 14.7. The van der Waals surface area contributed by atoms with Crippen molar-refractivity contribution in [2.24, 2.45) is 0 Å². The minimum Gasteiger partial charge on any atom is -0.497 e. The number of hydrogen-bond donors (Lipinski definition) is 1. The van der Waals surface area contributed by atoms with Gasteiger partial charge in [-0.3, -0.25) is 0 Å². The first-order valence-corrected chi connectivity index (χ1v) is 7.50. The van der Waals surface area contributed by atoms with Crippen LogP contribution in [0, 0.1) is 6.92 Å². The monoisotopic (exact) mass is 353 g/mol. The van der Waals surface area contributed by atoms with Gasteiger partial charge < -0.3 is 10.1 Å². The van der Waals surface area contributed by atoms with E-state index in [1.165, 1.54) is 11.1 Å². The van der Waals surface area contributed by atoms with E-state index in [0.717, 1.165) is 15.8 Å². The number of methoxy groups -OCH3 is 1. The summed E-state index contributed by atoms with van der Waals surface area (Å²) in [5.74, 6) is 0.765. The molecule has 0 radical (unpaired) electrons. The summed E-state index contributed by atoms with van der Waals surface area (Å²) in [6.45, 7) is 2.10. The van der Waals surface area contributed by atoms with Crippen molar-refractivity contribution in [1.82, 2.24) is 5.32 Å². The molecule has 1 unspecified atom stereocenters. The van der Waals surface area contributed by atoms with Crippen LogP contribution in [-0.4, -0.2) is 14.2 Å². The van der Waals surface area contributed by atoms with Crippen molar-refractivity contribution in [3.63, 3.8) is 0 Å². The highest BCUT2D eigenvalue weighted by Gasteiger charge is 2.17.